The minimum absolute atomic E-state index is 0.432. The highest BCUT2D eigenvalue weighted by molar-refractivity contribution is 14.1. The fraction of sp³-hybridized carbons (Fsp3) is 0.0909. The van der Waals surface area contributed by atoms with Crippen LogP contribution in [0.2, 0.25) is 5.02 Å². The van der Waals surface area contributed by atoms with Gasteiger partial charge in [0.05, 0.1) is 10.7 Å². The van der Waals surface area contributed by atoms with Gasteiger partial charge in [-0.25, -0.2) is 9.97 Å². The molecule has 1 aromatic carbocycles. The highest BCUT2D eigenvalue weighted by Crippen LogP contribution is 2.26. The Balaban J connectivity index is 2.31. The fourth-order valence-electron chi connectivity index (χ4n) is 1.38. The maximum Gasteiger partial charge on any atom is 0.136 e. The van der Waals surface area contributed by atoms with Crippen molar-refractivity contribution in [3.05, 3.63) is 38.7 Å². The summed E-state index contributed by atoms with van der Waals surface area (Å²) >= 11 is 8.32. The van der Waals surface area contributed by atoms with Crippen LogP contribution in [0.25, 0.3) is 0 Å². The van der Waals surface area contributed by atoms with Gasteiger partial charge in [-0.2, -0.15) is 0 Å². The number of anilines is 3. The molecule has 1 heterocycles. The number of hydrogen-bond donors (Lipinski definition) is 2. The molecule has 2 rings (SSSR count). The lowest BCUT2D eigenvalue weighted by Crippen LogP contribution is -2.01. The average Bonchev–Trinajstić information content (AvgIpc) is 2.21. The van der Waals surface area contributed by atoms with Gasteiger partial charge in [0.1, 0.15) is 17.5 Å². The van der Waals surface area contributed by atoms with Crippen LogP contribution in [0.4, 0.5) is 17.3 Å². The summed E-state index contributed by atoms with van der Waals surface area (Å²) in [6.45, 7) is 1.79. The summed E-state index contributed by atoms with van der Waals surface area (Å²) in [5, 5.41) is 3.76. The van der Waals surface area contributed by atoms with Crippen LogP contribution in [0.15, 0.2) is 24.3 Å². The van der Waals surface area contributed by atoms with Gasteiger partial charge in [-0.3, -0.25) is 0 Å². The summed E-state index contributed by atoms with van der Waals surface area (Å²) in [4.78, 5) is 8.24. The molecule has 0 fully saturated rings. The third kappa shape index (κ3) is 3.19. The molecule has 0 saturated carbocycles. The molecule has 0 spiro atoms. The van der Waals surface area contributed by atoms with Gasteiger partial charge in [-0.15, -0.1) is 0 Å². The maximum atomic E-state index is 6.12. The van der Waals surface area contributed by atoms with Crippen LogP contribution in [0, 0.1) is 10.5 Å². The highest BCUT2D eigenvalue weighted by Gasteiger charge is 2.04. The van der Waals surface area contributed by atoms with Crippen LogP contribution in [-0.4, -0.2) is 9.97 Å². The van der Waals surface area contributed by atoms with Crippen molar-refractivity contribution in [3.63, 3.8) is 0 Å². The molecule has 0 atom stereocenters. The first-order valence-corrected chi connectivity index (χ1v) is 6.33. The van der Waals surface area contributed by atoms with Crippen molar-refractivity contribution >= 4 is 51.5 Å². The number of nitrogens with one attached hydrogen (secondary N) is 1. The van der Waals surface area contributed by atoms with Crippen LogP contribution in [-0.2, 0) is 0 Å². The Morgan fingerprint density at radius 2 is 2.06 bits per heavy atom. The number of rotatable bonds is 2. The highest BCUT2D eigenvalue weighted by atomic mass is 127. The Bertz CT molecular complexity index is 539. The van der Waals surface area contributed by atoms with Crippen LogP contribution >= 0.6 is 34.2 Å². The number of hydrogen-bond acceptors (Lipinski definition) is 4. The maximum absolute atomic E-state index is 6.12. The van der Waals surface area contributed by atoms with E-state index in [2.05, 4.69) is 37.9 Å². The molecule has 0 aliphatic heterocycles. The fourth-order valence-corrected chi connectivity index (χ4v) is 2.29. The lowest BCUT2D eigenvalue weighted by molar-refractivity contribution is 1.06. The zero-order valence-electron chi connectivity index (χ0n) is 9.04. The van der Waals surface area contributed by atoms with E-state index in [0.29, 0.717) is 22.5 Å². The van der Waals surface area contributed by atoms with Gasteiger partial charge >= 0.3 is 0 Å². The third-order valence-corrected chi connectivity index (χ3v) is 3.04. The van der Waals surface area contributed by atoms with E-state index in [1.807, 2.05) is 18.2 Å². The summed E-state index contributed by atoms with van der Waals surface area (Å²) < 4.78 is 1.08. The molecule has 0 bridgehead atoms. The van der Waals surface area contributed by atoms with Gasteiger partial charge in [-0.05, 0) is 47.7 Å². The normalized spacial score (nSPS) is 10.3. The lowest BCUT2D eigenvalue weighted by Gasteiger charge is -2.08. The Kier molecular flexibility index (Phi) is 3.68. The molecule has 0 aliphatic carbocycles. The molecule has 4 nitrogen and oxygen atoms in total. The van der Waals surface area contributed by atoms with Crippen molar-refractivity contribution in [3.8, 4) is 0 Å². The number of nitrogens with two attached hydrogens (primary N) is 1. The van der Waals surface area contributed by atoms with E-state index in [0.717, 1.165) is 9.26 Å². The summed E-state index contributed by atoms with van der Waals surface area (Å²) in [5.74, 6) is 1.69. The van der Waals surface area contributed by atoms with E-state index in [-0.39, 0.29) is 0 Å². The lowest BCUT2D eigenvalue weighted by atomic mass is 10.3. The van der Waals surface area contributed by atoms with Crippen LogP contribution in [0.3, 0.4) is 0 Å². The van der Waals surface area contributed by atoms with Gasteiger partial charge in [0, 0.05) is 9.64 Å². The van der Waals surface area contributed by atoms with Crippen molar-refractivity contribution in [2.24, 2.45) is 0 Å². The van der Waals surface area contributed by atoms with E-state index in [4.69, 9.17) is 17.3 Å². The number of nitrogens with zero attached hydrogens (tertiary/aromatic N) is 2. The first kappa shape index (κ1) is 12.4. The molecular formula is C11H10ClIN4. The van der Waals surface area contributed by atoms with Crippen molar-refractivity contribution in [2.75, 3.05) is 11.1 Å². The number of nitrogen functional groups attached to an aromatic ring is 1. The van der Waals surface area contributed by atoms with Gasteiger partial charge in [0.25, 0.3) is 0 Å². The Labute approximate surface area is 118 Å². The molecule has 0 aliphatic rings. The minimum atomic E-state index is 0.432. The van der Waals surface area contributed by atoms with Gasteiger partial charge in [0.2, 0.25) is 0 Å². The topological polar surface area (TPSA) is 63.8 Å². The van der Waals surface area contributed by atoms with Crippen LogP contribution in [0.5, 0.6) is 0 Å². The molecule has 0 radical (unpaired) electrons. The molecule has 6 heteroatoms. The second kappa shape index (κ2) is 5.05. The molecule has 1 aromatic heterocycles. The first-order valence-electron chi connectivity index (χ1n) is 4.88. The molecule has 17 heavy (non-hydrogen) atoms. The summed E-state index contributed by atoms with van der Waals surface area (Å²) in [5.41, 5.74) is 6.45. The third-order valence-electron chi connectivity index (χ3n) is 2.05. The van der Waals surface area contributed by atoms with Gasteiger partial charge < -0.3 is 11.1 Å². The van der Waals surface area contributed by atoms with Crippen LogP contribution in [0.1, 0.15) is 5.82 Å². The molecule has 0 saturated heterocycles. The molecule has 0 unspecified atom stereocenters. The second-order valence-electron chi connectivity index (χ2n) is 3.47. The zero-order valence-corrected chi connectivity index (χ0v) is 12.0. The summed E-state index contributed by atoms with van der Waals surface area (Å²) in [7, 11) is 0. The van der Waals surface area contributed by atoms with E-state index >= 15 is 0 Å². The minimum Gasteiger partial charge on any atom is -0.384 e. The van der Waals surface area contributed by atoms with Gasteiger partial charge in [-0.1, -0.05) is 11.6 Å². The molecule has 0 amide bonds. The molecule has 88 valence electrons. The van der Waals surface area contributed by atoms with Crippen molar-refractivity contribution < 1.29 is 0 Å². The van der Waals surface area contributed by atoms with Crippen molar-refractivity contribution in [2.45, 2.75) is 6.92 Å². The molecule has 2 aromatic rings. The predicted molar refractivity (Wildman–Crippen MR) is 78.6 cm³/mol. The SMILES string of the molecule is Cc1nc(N)cc(Nc2ccc(I)cc2Cl)n1. The number of halogens is 2. The zero-order chi connectivity index (χ0) is 12.4. The smallest absolute Gasteiger partial charge is 0.136 e. The Morgan fingerprint density at radius 1 is 1.29 bits per heavy atom. The van der Waals surface area contributed by atoms with Crippen molar-refractivity contribution in [1.82, 2.24) is 9.97 Å². The number of benzene rings is 1. The van der Waals surface area contributed by atoms with E-state index in [1.54, 1.807) is 13.0 Å². The van der Waals surface area contributed by atoms with E-state index in [1.165, 1.54) is 0 Å². The van der Waals surface area contributed by atoms with Crippen LogP contribution < -0.4 is 11.1 Å². The average molecular weight is 361 g/mol. The molecule has 3 N–H and O–H groups in total. The number of aryl methyl sites for hydroxylation is 1. The largest absolute Gasteiger partial charge is 0.384 e. The summed E-state index contributed by atoms with van der Waals surface area (Å²) in [6.07, 6.45) is 0. The number of aromatic nitrogens is 2. The Hall–Kier alpha value is -1.08. The molecular weight excluding hydrogens is 351 g/mol. The predicted octanol–water partition coefficient (Wildman–Crippen LogP) is 3.37. The monoisotopic (exact) mass is 360 g/mol. The summed E-state index contributed by atoms with van der Waals surface area (Å²) in [6, 6.07) is 7.41. The van der Waals surface area contributed by atoms with Gasteiger partial charge in [0.15, 0.2) is 0 Å². The first-order chi connectivity index (χ1) is 8.04. The van der Waals surface area contributed by atoms with E-state index in [9.17, 15) is 0 Å². The quantitative estimate of drug-likeness (QED) is 0.806. The standard InChI is InChI=1S/C11H10ClIN4/c1-6-15-10(14)5-11(16-6)17-9-3-2-7(13)4-8(9)12/h2-5H,1H3,(H3,14,15,16,17). The van der Waals surface area contributed by atoms with Crippen molar-refractivity contribution in [1.29, 1.82) is 0 Å². The van der Waals surface area contributed by atoms with E-state index < -0.39 is 0 Å². The Morgan fingerprint density at radius 3 is 2.71 bits per heavy atom. The second-order valence-corrected chi connectivity index (χ2v) is 5.13.